The first kappa shape index (κ1) is 6.19. The first-order valence-corrected chi connectivity index (χ1v) is 2.43. The van der Waals surface area contributed by atoms with Gasteiger partial charge in [-0.3, -0.25) is 0 Å². The van der Waals surface area contributed by atoms with Gasteiger partial charge in [0.2, 0.25) is 0 Å². The standard InChI is InChI=1S/C4H5BN2O2/c8-5(9)4-1-2-6-3-7-4/h1-3,8-9H. The van der Waals surface area contributed by atoms with E-state index in [0.29, 0.717) is 0 Å². The Morgan fingerprint density at radius 2 is 2.22 bits per heavy atom. The van der Waals surface area contributed by atoms with Crippen LogP contribution in [0.5, 0.6) is 0 Å². The lowest BCUT2D eigenvalue weighted by Crippen LogP contribution is -2.32. The second-order valence-electron chi connectivity index (χ2n) is 1.51. The molecular weight excluding hydrogens is 119 g/mol. The second kappa shape index (κ2) is 2.57. The van der Waals surface area contributed by atoms with Gasteiger partial charge in [0, 0.05) is 6.20 Å². The Morgan fingerprint density at radius 1 is 1.44 bits per heavy atom. The van der Waals surface area contributed by atoms with Gasteiger partial charge in [-0.05, 0) is 6.07 Å². The summed E-state index contributed by atoms with van der Waals surface area (Å²) in [6, 6.07) is 1.44. The zero-order valence-electron chi connectivity index (χ0n) is 4.60. The van der Waals surface area contributed by atoms with Crippen molar-refractivity contribution in [2.45, 2.75) is 0 Å². The maximum atomic E-state index is 8.49. The second-order valence-corrected chi connectivity index (χ2v) is 1.51. The lowest BCUT2D eigenvalue weighted by Gasteiger charge is -1.92. The van der Waals surface area contributed by atoms with Crippen LogP contribution in [-0.4, -0.2) is 27.1 Å². The van der Waals surface area contributed by atoms with Crippen LogP contribution in [0, 0.1) is 0 Å². The first-order valence-electron chi connectivity index (χ1n) is 2.43. The van der Waals surface area contributed by atoms with Crippen LogP contribution in [0.25, 0.3) is 0 Å². The highest BCUT2D eigenvalue weighted by Crippen LogP contribution is 1.71. The summed E-state index contributed by atoms with van der Waals surface area (Å²) in [6.45, 7) is 0. The molecule has 2 N–H and O–H groups in total. The predicted molar refractivity (Wildman–Crippen MR) is 31.9 cm³/mol. The predicted octanol–water partition coefficient (Wildman–Crippen LogP) is -1.84. The third kappa shape index (κ3) is 1.48. The fourth-order valence-electron chi connectivity index (χ4n) is 0.454. The van der Waals surface area contributed by atoms with Crippen molar-refractivity contribution in [2.75, 3.05) is 0 Å². The fourth-order valence-corrected chi connectivity index (χ4v) is 0.454. The number of aromatic nitrogens is 2. The van der Waals surface area contributed by atoms with Crippen LogP contribution in [0.1, 0.15) is 0 Å². The van der Waals surface area contributed by atoms with Crippen molar-refractivity contribution in [3.05, 3.63) is 18.6 Å². The van der Waals surface area contributed by atoms with Crippen LogP contribution in [-0.2, 0) is 0 Å². The summed E-state index contributed by atoms with van der Waals surface area (Å²) in [5.41, 5.74) is 0.213. The van der Waals surface area contributed by atoms with Crippen molar-refractivity contribution in [3.63, 3.8) is 0 Å². The van der Waals surface area contributed by atoms with E-state index in [0.717, 1.165) is 0 Å². The molecule has 0 bridgehead atoms. The zero-order chi connectivity index (χ0) is 6.69. The number of rotatable bonds is 1. The van der Waals surface area contributed by atoms with E-state index in [2.05, 4.69) is 9.97 Å². The van der Waals surface area contributed by atoms with Crippen molar-refractivity contribution in [1.29, 1.82) is 0 Å². The van der Waals surface area contributed by atoms with Gasteiger partial charge in [0.1, 0.15) is 6.33 Å². The molecule has 0 aromatic carbocycles. The molecule has 5 heteroatoms. The highest BCUT2D eigenvalue weighted by Gasteiger charge is 2.10. The van der Waals surface area contributed by atoms with E-state index in [1.807, 2.05) is 0 Å². The minimum absolute atomic E-state index is 0.213. The molecule has 1 heterocycles. The lowest BCUT2D eigenvalue weighted by molar-refractivity contribution is 0.424. The molecule has 0 saturated heterocycles. The van der Waals surface area contributed by atoms with Crippen molar-refractivity contribution >= 4 is 12.7 Å². The van der Waals surface area contributed by atoms with E-state index in [9.17, 15) is 0 Å². The molecule has 0 unspecified atom stereocenters. The zero-order valence-corrected chi connectivity index (χ0v) is 4.60. The Morgan fingerprint density at radius 3 is 2.56 bits per heavy atom. The molecule has 0 saturated carbocycles. The van der Waals surface area contributed by atoms with E-state index in [1.54, 1.807) is 0 Å². The summed E-state index contributed by atoms with van der Waals surface area (Å²) >= 11 is 0. The molecule has 46 valence electrons. The average molecular weight is 124 g/mol. The summed E-state index contributed by atoms with van der Waals surface area (Å²) in [5.74, 6) is 0. The normalized spacial score (nSPS) is 9.11. The van der Waals surface area contributed by atoms with E-state index >= 15 is 0 Å². The molecule has 0 radical (unpaired) electrons. The van der Waals surface area contributed by atoms with Gasteiger partial charge in [-0.15, -0.1) is 0 Å². The van der Waals surface area contributed by atoms with Gasteiger partial charge >= 0.3 is 7.12 Å². The largest absolute Gasteiger partial charge is 0.508 e. The molecule has 9 heavy (non-hydrogen) atoms. The minimum atomic E-state index is -1.49. The molecule has 1 rings (SSSR count). The molecule has 0 spiro atoms. The van der Waals surface area contributed by atoms with Crippen LogP contribution >= 0.6 is 0 Å². The quantitative estimate of drug-likeness (QED) is 0.431. The minimum Gasteiger partial charge on any atom is -0.422 e. The topological polar surface area (TPSA) is 66.2 Å². The Kier molecular flexibility index (Phi) is 1.76. The fraction of sp³-hybridized carbons (Fsp3) is 0. The van der Waals surface area contributed by atoms with Crippen LogP contribution in [0.2, 0.25) is 0 Å². The highest BCUT2D eigenvalue weighted by molar-refractivity contribution is 6.57. The Balaban J connectivity index is 2.85. The maximum absolute atomic E-state index is 8.49. The van der Waals surface area contributed by atoms with E-state index in [1.165, 1.54) is 18.6 Å². The Bertz CT molecular complexity index is 179. The number of hydrogen-bond acceptors (Lipinski definition) is 4. The van der Waals surface area contributed by atoms with Crippen molar-refractivity contribution < 1.29 is 10.0 Å². The monoisotopic (exact) mass is 124 g/mol. The third-order valence-corrected chi connectivity index (χ3v) is 0.869. The maximum Gasteiger partial charge on any atom is 0.508 e. The molecule has 1 aromatic rings. The molecule has 0 atom stereocenters. The molecule has 4 nitrogen and oxygen atoms in total. The van der Waals surface area contributed by atoms with Gasteiger partial charge in [-0.25, -0.2) is 9.97 Å². The molecule has 0 fully saturated rings. The molecular formula is C4H5BN2O2. The van der Waals surface area contributed by atoms with E-state index in [-0.39, 0.29) is 5.59 Å². The van der Waals surface area contributed by atoms with Gasteiger partial charge in [0.25, 0.3) is 0 Å². The van der Waals surface area contributed by atoms with Crippen LogP contribution in [0.15, 0.2) is 18.6 Å². The van der Waals surface area contributed by atoms with Gasteiger partial charge < -0.3 is 10.0 Å². The smallest absolute Gasteiger partial charge is 0.422 e. The summed E-state index contributed by atoms with van der Waals surface area (Å²) in [4.78, 5) is 7.16. The van der Waals surface area contributed by atoms with Gasteiger partial charge in [-0.1, -0.05) is 0 Å². The third-order valence-electron chi connectivity index (χ3n) is 0.869. The summed E-state index contributed by atoms with van der Waals surface area (Å²) < 4.78 is 0. The highest BCUT2D eigenvalue weighted by atomic mass is 16.4. The van der Waals surface area contributed by atoms with Crippen molar-refractivity contribution in [2.24, 2.45) is 0 Å². The summed E-state index contributed by atoms with van der Waals surface area (Å²) in [6.07, 6.45) is 2.70. The van der Waals surface area contributed by atoms with E-state index in [4.69, 9.17) is 10.0 Å². The van der Waals surface area contributed by atoms with Gasteiger partial charge in [0.15, 0.2) is 0 Å². The number of hydrogen-bond donors (Lipinski definition) is 2. The molecule has 0 aliphatic carbocycles. The molecule has 0 aliphatic rings. The van der Waals surface area contributed by atoms with Crippen molar-refractivity contribution in [1.82, 2.24) is 9.97 Å². The Hall–Kier alpha value is -0.935. The van der Waals surface area contributed by atoms with Crippen LogP contribution < -0.4 is 5.59 Å². The van der Waals surface area contributed by atoms with Gasteiger partial charge in [-0.2, -0.15) is 0 Å². The first-order chi connectivity index (χ1) is 4.30. The van der Waals surface area contributed by atoms with Crippen LogP contribution in [0.3, 0.4) is 0 Å². The lowest BCUT2D eigenvalue weighted by atomic mass is 9.86. The van der Waals surface area contributed by atoms with Gasteiger partial charge in [0.05, 0.1) is 5.59 Å². The van der Waals surface area contributed by atoms with Crippen molar-refractivity contribution in [3.8, 4) is 0 Å². The van der Waals surface area contributed by atoms with Crippen LogP contribution in [0.4, 0.5) is 0 Å². The summed E-state index contributed by atoms with van der Waals surface area (Å²) in [7, 11) is -1.49. The molecule has 0 amide bonds. The van der Waals surface area contributed by atoms with E-state index < -0.39 is 7.12 Å². The summed E-state index contributed by atoms with van der Waals surface area (Å²) in [5, 5.41) is 17.0. The number of nitrogens with zero attached hydrogens (tertiary/aromatic N) is 2. The SMILES string of the molecule is OB(O)c1ccncn1. The Labute approximate surface area is 52.4 Å². The molecule has 1 aromatic heterocycles. The average Bonchev–Trinajstić information content (AvgIpc) is 1.90. The molecule has 0 aliphatic heterocycles.